The fourth-order valence-corrected chi connectivity index (χ4v) is 2.16. The number of nitrogens with one attached hydrogen (secondary N) is 1. The number of aryl methyl sites for hydroxylation is 2. The van der Waals surface area contributed by atoms with Crippen molar-refractivity contribution in [2.45, 2.75) is 26.3 Å². The number of carboxylic acid groups (broad SMARTS) is 1. The SMILES string of the molecule is Cc1cccc(NC(C)(C(=O)O)c2ccc(C)c(F)c2)c1. The number of carboxylic acids is 1. The van der Waals surface area contributed by atoms with E-state index in [2.05, 4.69) is 5.32 Å². The minimum Gasteiger partial charge on any atom is -0.479 e. The summed E-state index contributed by atoms with van der Waals surface area (Å²) in [5.74, 6) is -1.47. The lowest BCUT2D eigenvalue weighted by Crippen LogP contribution is -2.40. The summed E-state index contributed by atoms with van der Waals surface area (Å²) < 4.78 is 13.8. The van der Waals surface area contributed by atoms with Gasteiger partial charge in [0.05, 0.1) is 0 Å². The minimum absolute atomic E-state index is 0.375. The number of hydrogen-bond donors (Lipinski definition) is 2. The molecule has 0 saturated heterocycles. The van der Waals surface area contributed by atoms with E-state index < -0.39 is 17.3 Å². The molecular weight excluding hydrogens is 269 g/mol. The molecule has 0 spiro atoms. The van der Waals surface area contributed by atoms with Crippen LogP contribution in [0.25, 0.3) is 0 Å². The van der Waals surface area contributed by atoms with E-state index >= 15 is 0 Å². The molecule has 0 fully saturated rings. The Morgan fingerprint density at radius 3 is 2.48 bits per heavy atom. The zero-order chi connectivity index (χ0) is 15.6. The van der Waals surface area contributed by atoms with Gasteiger partial charge in [-0.15, -0.1) is 0 Å². The second kappa shape index (κ2) is 5.56. The summed E-state index contributed by atoms with van der Waals surface area (Å²) in [5.41, 5.74) is 1.16. The third-order valence-electron chi connectivity index (χ3n) is 3.59. The molecule has 21 heavy (non-hydrogen) atoms. The molecule has 0 bridgehead atoms. The Labute approximate surface area is 123 Å². The highest BCUT2D eigenvalue weighted by Crippen LogP contribution is 2.28. The van der Waals surface area contributed by atoms with Crippen molar-refractivity contribution in [2.75, 3.05) is 5.32 Å². The van der Waals surface area contributed by atoms with Crippen LogP contribution in [-0.2, 0) is 10.3 Å². The molecule has 110 valence electrons. The molecule has 2 rings (SSSR count). The van der Waals surface area contributed by atoms with Crippen LogP contribution in [0.1, 0.15) is 23.6 Å². The highest BCUT2D eigenvalue weighted by Gasteiger charge is 2.35. The number of rotatable bonds is 4. The second-order valence-corrected chi connectivity index (χ2v) is 5.39. The van der Waals surface area contributed by atoms with E-state index in [0.717, 1.165) is 5.56 Å². The van der Waals surface area contributed by atoms with Gasteiger partial charge in [0.2, 0.25) is 0 Å². The molecule has 2 aromatic carbocycles. The monoisotopic (exact) mass is 287 g/mol. The van der Waals surface area contributed by atoms with Crippen molar-refractivity contribution in [1.82, 2.24) is 0 Å². The average molecular weight is 287 g/mol. The van der Waals surface area contributed by atoms with Gasteiger partial charge in [-0.05, 0) is 55.7 Å². The summed E-state index contributed by atoms with van der Waals surface area (Å²) in [6, 6.07) is 11.9. The van der Waals surface area contributed by atoms with Gasteiger partial charge < -0.3 is 10.4 Å². The molecule has 0 aliphatic carbocycles. The van der Waals surface area contributed by atoms with Gasteiger partial charge in [0, 0.05) is 5.69 Å². The van der Waals surface area contributed by atoms with Gasteiger partial charge in [-0.3, -0.25) is 0 Å². The predicted octanol–water partition coefficient (Wildman–Crippen LogP) is 3.85. The Bertz CT molecular complexity index is 684. The highest BCUT2D eigenvalue weighted by atomic mass is 19.1. The molecule has 3 nitrogen and oxygen atoms in total. The maximum absolute atomic E-state index is 13.8. The van der Waals surface area contributed by atoms with Gasteiger partial charge in [-0.25, -0.2) is 9.18 Å². The summed E-state index contributed by atoms with van der Waals surface area (Å²) in [6.07, 6.45) is 0. The molecular formula is C17H18FNO2. The predicted molar refractivity (Wildman–Crippen MR) is 80.9 cm³/mol. The van der Waals surface area contributed by atoms with E-state index in [-0.39, 0.29) is 0 Å². The number of hydrogen-bond acceptors (Lipinski definition) is 2. The van der Waals surface area contributed by atoms with Crippen molar-refractivity contribution < 1.29 is 14.3 Å². The van der Waals surface area contributed by atoms with Gasteiger partial charge in [-0.1, -0.05) is 24.3 Å². The van der Waals surface area contributed by atoms with Crippen molar-refractivity contribution in [3.05, 3.63) is 65.0 Å². The molecule has 0 radical (unpaired) electrons. The Hall–Kier alpha value is -2.36. The van der Waals surface area contributed by atoms with Gasteiger partial charge >= 0.3 is 5.97 Å². The number of benzene rings is 2. The largest absolute Gasteiger partial charge is 0.479 e. The van der Waals surface area contributed by atoms with Crippen molar-refractivity contribution in [1.29, 1.82) is 0 Å². The molecule has 0 aliphatic rings. The maximum Gasteiger partial charge on any atom is 0.333 e. The van der Waals surface area contributed by atoms with E-state index in [4.69, 9.17) is 0 Å². The fourth-order valence-electron chi connectivity index (χ4n) is 2.16. The first kappa shape index (κ1) is 15.0. The van der Waals surface area contributed by atoms with Gasteiger partial charge in [0.1, 0.15) is 5.82 Å². The van der Waals surface area contributed by atoms with Crippen molar-refractivity contribution in [2.24, 2.45) is 0 Å². The van der Waals surface area contributed by atoms with Crippen LogP contribution in [0.3, 0.4) is 0 Å². The van der Waals surface area contributed by atoms with Gasteiger partial charge in [-0.2, -0.15) is 0 Å². The van der Waals surface area contributed by atoms with Crippen LogP contribution in [0.15, 0.2) is 42.5 Å². The minimum atomic E-state index is -1.40. The van der Waals surface area contributed by atoms with Crippen LogP contribution in [0, 0.1) is 19.7 Å². The van der Waals surface area contributed by atoms with Crippen LogP contribution < -0.4 is 5.32 Å². The van der Waals surface area contributed by atoms with E-state index in [1.165, 1.54) is 13.0 Å². The maximum atomic E-state index is 13.8. The summed E-state index contributed by atoms with van der Waals surface area (Å²) in [4.78, 5) is 11.7. The Morgan fingerprint density at radius 2 is 1.90 bits per heavy atom. The van der Waals surface area contributed by atoms with Gasteiger partial charge in [0.15, 0.2) is 5.54 Å². The lowest BCUT2D eigenvalue weighted by molar-refractivity contribution is -0.142. The third-order valence-corrected chi connectivity index (χ3v) is 3.59. The topological polar surface area (TPSA) is 49.3 Å². The smallest absolute Gasteiger partial charge is 0.333 e. The highest BCUT2D eigenvalue weighted by molar-refractivity contribution is 5.84. The molecule has 0 aromatic heterocycles. The number of halogens is 1. The van der Waals surface area contributed by atoms with Crippen molar-refractivity contribution in [3.63, 3.8) is 0 Å². The van der Waals surface area contributed by atoms with E-state index in [1.807, 2.05) is 25.1 Å². The van der Waals surface area contributed by atoms with Crippen LogP contribution in [0.4, 0.5) is 10.1 Å². The lowest BCUT2D eigenvalue weighted by Gasteiger charge is -2.28. The number of carbonyl (C=O) groups is 1. The first-order chi connectivity index (χ1) is 9.83. The third kappa shape index (κ3) is 3.05. The molecule has 0 amide bonds. The molecule has 2 aromatic rings. The Balaban J connectivity index is 2.45. The summed E-state index contributed by atoms with van der Waals surface area (Å²) in [5, 5.41) is 12.6. The normalized spacial score (nSPS) is 13.5. The van der Waals surface area contributed by atoms with Crippen LogP contribution in [0.2, 0.25) is 0 Å². The van der Waals surface area contributed by atoms with Crippen LogP contribution in [0.5, 0.6) is 0 Å². The first-order valence-electron chi connectivity index (χ1n) is 6.68. The molecule has 4 heteroatoms. The zero-order valence-corrected chi connectivity index (χ0v) is 12.3. The molecule has 0 heterocycles. The van der Waals surface area contributed by atoms with Crippen molar-refractivity contribution >= 4 is 11.7 Å². The summed E-state index contributed by atoms with van der Waals surface area (Å²) in [7, 11) is 0. The Morgan fingerprint density at radius 1 is 1.19 bits per heavy atom. The summed E-state index contributed by atoms with van der Waals surface area (Å²) >= 11 is 0. The average Bonchev–Trinajstić information content (AvgIpc) is 2.41. The van der Waals surface area contributed by atoms with Gasteiger partial charge in [0.25, 0.3) is 0 Å². The number of anilines is 1. The zero-order valence-electron chi connectivity index (χ0n) is 12.3. The number of aliphatic carboxylic acids is 1. The molecule has 0 saturated carbocycles. The van der Waals surface area contributed by atoms with E-state index in [0.29, 0.717) is 16.8 Å². The lowest BCUT2D eigenvalue weighted by atomic mass is 9.90. The molecule has 2 N–H and O–H groups in total. The Kier molecular flexibility index (Phi) is 3.98. The molecule has 1 unspecified atom stereocenters. The van der Waals surface area contributed by atoms with Crippen molar-refractivity contribution in [3.8, 4) is 0 Å². The molecule has 0 aliphatic heterocycles. The van der Waals surface area contributed by atoms with E-state index in [1.54, 1.807) is 25.1 Å². The first-order valence-corrected chi connectivity index (χ1v) is 6.68. The van der Waals surface area contributed by atoms with Crippen LogP contribution in [-0.4, -0.2) is 11.1 Å². The molecule has 1 atom stereocenters. The quantitative estimate of drug-likeness (QED) is 0.898. The van der Waals surface area contributed by atoms with Crippen LogP contribution >= 0.6 is 0 Å². The van der Waals surface area contributed by atoms with E-state index in [9.17, 15) is 14.3 Å². The second-order valence-electron chi connectivity index (χ2n) is 5.39. The standard InChI is InChI=1S/C17H18FNO2/c1-11-5-4-6-14(9-11)19-17(3,16(20)21)13-8-7-12(2)15(18)10-13/h4-10,19H,1-3H3,(H,20,21). The summed E-state index contributed by atoms with van der Waals surface area (Å²) in [6.45, 7) is 5.10. The fraction of sp³-hybridized carbons (Fsp3) is 0.235.